The lowest BCUT2D eigenvalue weighted by Gasteiger charge is -2.27. The fourth-order valence-corrected chi connectivity index (χ4v) is 3.02. The van der Waals surface area contributed by atoms with E-state index in [1.807, 2.05) is 54.6 Å². The number of hydrogen-bond acceptors (Lipinski definition) is 3. The molecule has 0 saturated heterocycles. The summed E-state index contributed by atoms with van der Waals surface area (Å²) in [5, 5.41) is 17.3. The van der Waals surface area contributed by atoms with Crippen LogP contribution in [0.5, 0.6) is 0 Å². The lowest BCUT2D eigenvalue weighted by molar-refractivity contribution is -0.142. The van der Waals surface area contributed by atoms with E-state index in [9.17, 15) is 14.7 Å². The molecule has 3 aromatic rings. The molecule has 0 fully saturated rings. The first kappa shape index (κ1) is 18.6. The third-order valence-electron chi connectivity index (χ3n) is 4.44. The topological polar surface area (TPSA) is 84.2 Å². The zero-order valence-corrected chi connectivity index (χ0v) is 15.6. The lowest BCUT2D eigenvalue weighted by atomic mass is 9.86. The highest BCUT2D eigenvalue weighted by atomic mass is 16.4. The van der Waals surface area contributed by atoms with E-state index in [1.54, 1.807) is 25.5 Å². The number of aromatic nitrogens is 2. The normalized spacial score (nSPS) is 12.7. The van der Waals surface area contributed by atoms with E-state index < -0.39 is 23.3 Å². The van der Waals surface area contributed by atoms with Gasteiger partial charge in [0.2, 0.25) is 0 Å². The van der Waals surface area contributed by atoms with Crippen LogP contribution in [0.2, 0.25) is 0 Å². The zero-order valence-electron chi connectivity index (χ0n) is 15.6. The molecule has 0 aliphatic rings. The lowest BCUT2D eigenvalue weighted by Crippen LogP contribution is -2.49. The number of nitrogens with zero attached hydrogens (tertiary/aromatic N) is 2. The van der Waals surface area contributed by atoms with Gasteiger partial charge in [-0.1, -0.05) is 69.3 Å². The average molecular weight is 365 g/mol. The highest BCUT2D eigenvalue weighted by Gasteiger charge is 2.33. The molecule has 1 aromatic heterocycles. The third-order valence-corrected chi connectivity index (χ3v) is 4.44. The number of fused-ring (bicyclic) bond motifs is 1. The number of aliphatic carboxylic acids is 1. The van der Waals surface area contributed by atoms with Crippen molar-refractivity contribution in [2.75, 3.05) is 0 Å². The molecule has 27 heavy (non-hydrogen) atoms. The number of nitrogens with one attached hydrogen (secondary N) is 1. The maximum absolute atomic E-state index is 12.8. The molecule has 0 saturated carbocycles. The molecule has 2 aromatic carbocycles. The Hall–Kier alpha value is -3.15. The Balaban J connectivity index is 1.97. The maximum atomic E-state index is 12.8. The number of hydrogen-bond donors (Lipinski definition) is 2. The second kappa shape index (κ2) is 7.23. The fraction of sp³-hybridized carbons (Fsp3) is 0.286. The molecule has 6 nitrogen and oxygen atoms in total. The largest absolute Gasteiger partial charge is 0.480 e. The maximum Gasteiger partial charge on any atom is 0.326 e. The van der Waals surface area contributed by atoms with Gasteiger partial charge in [-0.15, -0.1) is 0 Å². The van der Waals surface area contributed by atoms with E-state index in [4.69, 9.17) is 0 Å². The first-order chi connectivity index (χ1) is 12.8. The molecule has 3 rings (SSSR count). The molecule has 0 bridgehead atoms. The second-order valence-corrected chi connectivity index (χ2v) is 7.62. The second-order valence-electron chi connectivity index (χ2n) is 7.62. The predicted octanol–water partition coefficient (Wildman–Crippen LogP) is 3.31. The van der Waals surface area contributed by atoms with Gasteiger partial charge in [-0.05, 0) is 17.0 Å². The summed E-state index contributed by atoms with van der Waals surface area (Å²) in [5.74, 6) is -1.55. The molecule has 0 spiro atoms. The van der Waals surface area contributed by atoms with E-state index >= 15 is 0 Å². The van der Waals surface area contributed by atoms with Gasteiger partial charge in [-0.2, -0.15) is 5.10 Å². The number of benzene rings is 2. The van der Waals surface area contributed by atoms with Gasteiger partial charge in [0.1, 0.15) is 6.04 Å². The van der Waals surface area contributed by atoms with Crippen molar-refractivity contribution in [3.8, 4) is 0 Å². The molecular weight excluding hydrogens is 342 g/mol. The molecule has 2 N–H and O–H groups in total. The Labute approximate surface area is 157 Å². The molecule has 140 valence electrons. The van der Waals surface area contributed by atoms with Crippen molar-refractivity contribution in [2.24, 2.45) is 5.41 Å². The van der Waals surface area contributed by atoms with Crippen molar-refractivity contribution in [1.29, 1.82) is 0 Å². The predicted molar refractivity (Wildman–Crippen MR) is 104 cm³/mol. The van der Waals surface area contributed by atoms with E-state index in [0.29, 0.717) is 11.9 Å². The summed E-state index contributed by atoms with van der Waals surface area (Å²) in [4.78, 5) is 24.4. The SMILES string of the molecule is CC(C)(C)[C@H](NC(=O)c1nn(Cc2ccccc2)c2ccccc12)C(=O)O. The number of para-hydroxylation sites is 1. The Kier molecular flexibility index (Phi) is 4.99. The van der Waals surface area contributed by atoms with Crippen molar-refractivity contribution in [2.45, 2.75) is 33.4 Å². The van der Waals surface area contributed by atoms with Gasteiger partial charge in [-0.25, -0.2) is 4.79 Å². The summed E-state index contributed by atoms with van der Waals surface area (Å²) in [7, 11) is 0. The van der Waals surface area contributed by atoms with Crippen LogP contribution in [0, 0.1) is 5.41 Å². The van der Waals surface area contributed by atoms with Crippen molar-refractivity contribution in [3.05, 3.63) is 65.9 Å². The smallest absolute Gasteiger partial charge is 0.326 e. The fourth-order valence-electron chi connectivity index (χ4n) is 3.02. The molecule has 1 amide bonds. The Morgan fingerprint density at radius 1 is 1.07 bits per heavy atom. The molecule has 0 radical (unpaired) electrons. The average Bonchev–Trinajstić information content (AvgIpc) is 2.98. The standard InChI is InChI=1S/C21H23N3O3/c1-21(2,3)18(20(26)27)22-19(25)17-15-11-7-8-12-16(15)24(23-17)13-14-9-5-4-6-10-14/h4-12,18H,13H2,1-3H3,(H,22,25)(H,26,27)/t18-/m1/s1. The van der Waals surface area contributed by atoms with Crippen molar-refractivity contribution < 1.29 is 14.7 Å². The number of carboxylic acids is 1. The van der Waals surface area contributed by atoms with Gasteiger partial charge in [0.05, 0.1) is 12.1 Å². The number of carbonyl (C=O) groups excluding carboxylic acids is 1. The Morgan fingerprint density at radius 2 is 1.70 bits per heavy atom. The van der Waals surface area contributed by atoms with E-state index in [2.05, 4.69) is 10.4 Å². The number of rotatable bonds is 5. The van der Waals surface area contributed by atoms with Crippen LogP contribution in [0.15, 0.2) is 54.6 Å². The number of carboxylic acid groups (broad SMARTS) is 1. The summed E-state index contributed by atoms with van der Waals surface area (Å²) in [5.41, 5.74) is 1.51. The van der Waals surface area contributed by atoms with E-state index in [1.165, 1.54) is 0 Å². The molecule has 1 atom stereocenters. The highest BCUT2D eigenvalue weighted by Crippen LogP contribution is 2.23. The zero-order chi connectivity index (χ0) is 19.6. The van der Waals surface area contributed by atoms with E-state index in [-0.39, 0.29) is 5.69 Å². The quantitative estimate of drug-likeness (QED) is 0.726. The summed E-state index contributed by atoms with van der Waals surface area (Å²) < 4.78 is 1.77. The van der Waals surface area contributed by atoms with Crippen LogP contribution in [-0.4, -0.2) is 32.8 Å². The van der Waals surface area contributed by atoms with Crippen molar-refractivity contribution >= 4 is 22.8 Å². The molecular formula is C21H23N3O3. The first-order valence-corrected chi connectivity index (χ1v) is 8.80. The summed E-state index contributed by atoms with van der Waals surface area (Å²) in [6.45, 7) is 5.85. The van der Waals surface area contributed by atoms with Gasteiger partial charge in [-0.3, -0.25) is 9.48 Å². The van der Waals surface area contributed by atoms with Crippen LogP contribution >= 0.6 is 0 Å². The number of amides is 1. The molecule has 6 heteroatoms. The minimum atomic E-state index is -1.07. The van der Waals surface area contributed by atoms with Crippen LogP contribution in [0.25, 0.3) is 10.9 Å². The van der Waals surface area contributed by atoms with Crippen LogP contribution < -0.4 is 5.32 Å². The third kappa shape index (κ3) is 4.00. The highest BCUT2D eigenvalue weighted by molar-refractivity contribution is 6.06. The van der Waals surface area contributed by atoms with Crippen LogP contribution in [-0.2, 0) is 11.3 Å². The summed E-state index contributed by atoms with van der Waals surface area (Å²) in [6, 6.07) is 16.3. The minimum absolute atomic E-state index is 0.233. The van der Waals surface area contributed by atoms with Crippen LogP contribution in [0.4, 0.5) is 0 Å². The van der Waals surface area contributed by atoms with Crippen LogP contribution in [0.1, 0.15) is 36.8 Å². The Morgan fingerprint density at radius 3 is 2.33 bits per heavy atom. The van der Waals surface area contributed by atoms with Gasteiger partial charge in [0.25, 0.3) is 5.91 Å². The van der Waals surface area contributed by atoms with E-state index in [0.717, 1.165) is 11.1 Å². The molecule has 0 unspecified atom stereocenters. The van der Waals surface area contributed by atoms with Gasteiger partial charge < -0.3 is 10.4 Å². The summed E-state index contributed by atoms with van der Waals surface area (Å²) in [6.07, 6.45) is 0. The molecule has 0 aliphatic heterocycles. The van der Waals surface area contributed by atoms with Crippen LogP contribution in [0.3, 0.4) is 0 Å². The van der Waals surface area contributed by atoms with Gasteiger partial charge in [0.15, 0.2) is 5.69 Å². The monoisotopic (exact) mass is 365 g/mol. The Bertz CT molecular complexity index is 971. The van der Waals surface area contributed by atoms with Crippen molar-refractivity contribution in [1.82, 2.24) is 15.1 Å². The summed E-state index contributed by atoms with van der Waals surface area (Å²) >= 11 is 0. The first-order valence-electron chi connectivity index (χ1n) is 8.80. The van der Waals surface area contributed by atoms with Gasteiger partial charge in [0, 0.05) is 5.39 Å². The minimum Gasteiger partial charge on any atom is -0.480 e. The van der Waals surface area contributed by atoms with Crippen molar-refractivity contribution in [3.63, 3.8) is 0 Å². The van der Waals surface area contributed by atoms with Gasteiger partial charge >= 0.3 is 5.97 Å². The molecule has 1 heterocycles. The number of carbonyl (C=O) groups is 2. The molecule has 0 aliphatic carbocycles.